The lowest BCUT2D eigenvalue weighted by molar-refractivity contribution is 0.360. The van der Waals surface area contributed by atoms with Crippen LogP contribution in [-0.4, -0.2) is 11.3 Å². The van der Waals surface area contributed by atoms with Crippen molar-refractivity contribution < 1.29 is 0 Å². The van der Waals surface area contributed by atoms with Crippen LogP contribution in [0.25, 0.3) is 11.8 Å². The summed E-state index contributed by atoms with van der Waals surface area (Å²) in [4.78, 5) is 16.7. The molecule has 0 aliphatic carbocycles. The molecule has 0 fully saturated rings. The smallest absolute Gasteiger partial charge is 0.185 e. The SMILES string of the molecule is C=N/C=C\c1c(CCCCC(C)(C)C)c(=O)cc(C)n1-c1ccccc1C. The maximum absolute atomic E-state index is 12.8. The number of pyridine rings is 1. The summed E-state index contributed by atoms with van der Waals surface area (Å²) in [6.07, 6.45) is 7.63. The number of nitrogens with zero attached hydrogens (tertiary/aromatic N) is 2. The molecule has 0 aliphatic heterocycles. The van der Waals surface area contributed by atoms with E-state index < -0.39 is 0 Å². The summed E-state index contributed by atoms with van der Waals surface area (Å²) in [7, 11) is 0. The average Bonchev–Trinajstić information content (AvgIpc) is 2.58. The van der Waals surface area contributed by atoms with E-state index >= 15 is 0 Å². The minimum absolute atomic E-state index is 0.108. The summed E-state index contributed by atoms with van der Waals surface area (Å²) >= 11 is 0. The van der Waals surface area contributed by atoms with Gasteiger partial charge in [-0.1, -0.05) is 45.4 Å². The molecule has 0 radical (unpaired) electrons. The third kappa shape index (κ3) is 5.53. The van der Waals surface area contributed by atoms with Crippen LogP contribution in [0.15, 0.2) is 46.3 Å². The van der Waals surface area contributed by atoms with Crippen molar-refractivity contribution in [2.75, 3.05) is 0 Å². The molecule has 0 N–H and O–H groups in total. The fourth-order valence-electron chi connectivity index (χ4n) is 3.43. The second kappa shape index (κ2) is 8.98. The molecule has 0 saturated heterocycles. The summed E-state index contributed by atoms with van der Waals surface area (Å²) in [6, 6.07) is 10.0. The largest absolute Gasteiger partial charge is 0.314 e. The van der Waals surface area contributed by atoms with Crippen LogP contribution in [-0.2, 0) is 6.42 Å². The second-order valence-electron chi connectivity index (χ2n) is 8.40. The van der Waals surface area contributed by atoms with Gasteiger partial charge in [0.2, 0.25) is 0 Å². The van der Waals surface area contributed by atoms with Gasteiger partial charge >= 0.3 is 0 Å². The molecule has 3 heteroatoms. The Morgan fingerprint density at radius 2 is 1.85 bits per heavy atom. The van der Waals surface area contributed by atoms with Crippen LogP contribution >= 0.6 is 0 Å². The molecule has 0 bridgehead atoms. The maximum Gasteiger partial charge on any atom is 0.185 e. The number of aromatic nitrogens is 1. The molecule has 27 heavy (non-hydrogen) atoms. The van der Waals surface area contributed by atoms with Crippen molar-refractivity contribution in [3.8, 4) is 5.69 Å². The van der Waals surface area contributed by atoms with Crippen molar-refractivity contribution in [1.82, 2.24) is 4.57 Å². The molecule has 2 aromatic rings. The summed E-state index contributed by atoms with van der Waals surface area (Å²) in [5, 5.41) is 0. The first-order chi connectivity index (χ1) is 12.7. The second-order valence-corrected chi connectivity index (χ2v) is 8.40. The minimum Gasteiger partial charge on any atom is -0.314 e. The van der Waals surface area contributed by atoms with E-state index in [0.29, 0.717) is 5.41 Å². The van der Waals surface area contributed by atoms with Crippen LogP contribution in [0.3, 0.4) is 0 Å². The number of hydrogen-bond acceptors (Lipinski definition) is 2. The van der Waals surface area contributed by atoms with Gasteiger partial charge in [-0.2, -0.15) is 0 Å². The van der Waals surface area contributed by atoms with Crippen molar-refractivity contribution in [2.45, 2.75) is 60.3 Å². The van der Waals surface area contributed by atoms with E-state index in [1.54, 1.807) is 12.3 Å². The lowest BCUT2D eigenvalue weighted by Crippen LogP contribution is -2.19. The maximum atomic E-state index is 12.8. The fourth-order valence-corrected chi connectivity index (χ4v) is 3.43. The Morgan fingerprint density at radius 1 is 1.15 bits per heavy atom. The Morgan fingerprint density at radius 3 is 2.48 bits per heavy atom. The highest BCUT2D eigenvalue weighted by atomic mass is 16.1. The van der Waals surface area contributed by atoms with Gasteiger partial charge in [0.05, 0.1) is 5.69 Å². The van der Waals surface area contributed by atoms with E-state index in [1.807, 2.05) is 25.1 Å². The first kappa shape index (κ1) is 20.9. The molecule has 3 nitrogen and oxygen atoms in total. The predicted molar refractivity (Wildman–Crippen MR) is 117 cm³/mol. The minimum atomic E-state index is 0.108. The third-order valence-corrected chi connectivity index (χ3v) is 4.84. The van der Waals surface area contributed by atoms with E-state index in [1.165, 1.54) is 5.56 Å². The van der Waals surface area contributed by atoms with Crippen LogP contribution in [0.5, 0.6) is 0 Å². The molecular weight excluding hydrogens is 332 g/mol. The van der Waals surface area contributed by atoms with Crippen LogP contribution < -0.4 is 5.43 Å². The molecule has 1 aromatic heterocycles. The molecule has 144 valence electrons. The van der Waals surface area contributed by atoms with Crippen molar-refractivity contribution in [1.29, 1.82) is 0 Å². The normalized spacial score (nSPS) is 11.9. The lowest BCUT2D eigenvalue weighted by Gasteiger charge is -2.21. The van der Waals surface area contributed by atoms with Gasteiger partial charge in [0.25, 0.3) is 0 Å². The molecule has 0 atom stereocenters. The van der Waals surface area contributed by atoms with Gasteiger partial charge in [-0.3, -0.25) is 9.79 Å². The van der Waals surface area contributed by atoms with Crippen molar-refractivity contribution in [2.24, 2.45) is 10.4 Å². The zero-order valence-corrected chi connectivity index (χ0v) is 17.4. The first-order valence-electron chi connectivity index (χ1n) is 9.68. The number of aliphatic imine (C=N–C) groups is 1. The highest BCUT2D eigenvalue weighted by Crippen LogP contribution is 2.24. The van der Waals surface area contributed by atoms with E-state index in [4.69, 9.17) is 0 Å². The van der Waals surface area contributed by atoms with E-state index in [-0.39, 0.29) is 5.43 Å². The number of benzene rings is 1. The van der Waals surface area contributed by atoms with Crippen molar-refractivity contribution >= 4 is 12.8 Å². The number of unbranched alkanes of at least 4 members (excludes halogenated alkanes) is 1. The Labute approximate surface area is 163 Å². The fraction of sp³-hybridized carbons (Fsp3) is 0.417. The molecule has 0 spiro atoms. The number of aryl methyl sites for hydroxylation is 2. The van der Waals surface area contributed by atoms with Gasteiger partial charge in [-0.25, -0.2) is 0 Å². The molecule has 0 saturated carbocycles. The van der Waals surface area contributed by atoms with Gasteiger partial charge < -0.3 is 4.57 Å². The highest BCUT2D eigenvalue weighted by Gasteiger charge is 2.15. The topological polar surface area (TPSA) is 34.4 Å². The van der Waals surface area contributed by atoms with Crippen LogP contribution in [0, 0.1) is 19.3 Å². The molecule has 1 heterocycles. The number of rotatable bonds is 7. The summed E-state index contributed by atoms with van der Waals surface area (Å²) in [5.74, 6) is 0. The Bertz CT molecular complexity index is 882. The van der Waals surface area contributed by atoms with E-state index in [9.17, 15) is 4.79 Å². The summed E-state index contributed by atoms with van der Waals surface area (Å²) in [5.41, 5.74) is 5.39. The quantitative estimate of drug-likeness (QED) is 0.446. The molecule has 0 amide bonds. The molecule has 1 aromatic carbocycles. The van der Waals surface area contributed by atoms with Crippen molar-refractivity contribution in [3.63, 3.8) is 0 Å². The van der Waals surface area contributed by atoms with Gasteiger partial charge in [0, 0.05) is 29.2 Å². The van der Waals surface area contributed by atoms with Gasteiger partial charge in [0.15, 0.2) is 5.43 Å². The summed E-state index contributed by atoms with van der Waals surface area (Å²) in [6.45, 7) is 14.4. The zero-order valence-electron chi connectivity index (χ0n) is 17.4. The van der Waals surface area contributed by atoms with E-state index in [2.05, 4.69) is 56.1 Å². The molecule has 2 rings (SSSR count). The Balaban J connectivity index is 2.51. The molecular formula is C24H32N2O. The lowest BCUT2D eigenvalue weighted by atomic mass is 9.89. The standard InChI is InChI=1S/C24H32N2O/c1-18-11-7-8-13-21(18)26-19(2)17-23(27)20(22(26)14-16-25-6)12-9-10-15-24(3,4)5/h7-8,11,13-14,16-17H,6,9-10,12,15H2,1-5H3/b16-14-. The van der Waals surface area contributed by atoms with Crippen LogP contribution in [0.1, 0.15) is 62.5 Å². The van der Waals surface area contributed by atoms with Crippen LogP contribution in [0.4, 0.5) is 0 Å². The van der Waals surface area contributed by atoms with Crippen LogP contribution in [0.2, 0.25) is 0 Å². The Hall–Kier alpha value is -2.42. The molecule has 0 aliphatic rings. The molecule has 0 unspecified atom stereocenters. The number of para-hydroxylation sites is 1. The average molecular weight is 365 g/mol. The predicted octanol–water partition coefficient (Wildman–Crippen LogP) is 5.88. The highest BCUT2D eigenvalue weighted by molar-refractivity contribution is 5.57. The Kier molecular flexibility index (Phi) is 6.95. The summed E-state index contributed by atoms with van der Waals surface area (Å²) < 4.78 is 2.16. The van der Waals surface area contributed by atoms with E-state index in [0.717, 1.165) is 48.3 Å². The monoisotopic (exact) mass is 364 g/mol. The zero-order chi connectivity index (χ0) is 20.0. The van der Waals surface area contributed by atoms with Gasteiger partial charge in [-0.15, -0.1) is 0 Å². The number of hydrogen-bond donors (Lipinski definition) is 0. The third-order valence-electron chi connectivity index (χ3n) is 4.84. The van der Waals surface area contributed by atoms with Gasteiger partial charge in [0.1, 0.15) is 0 Å². The van der Waals surface area contributed by atoms with Crippen molar-refractivity contribution in [3.05, 3.63) is 69.3 Å². The van der Waals surface area contributed by atoms with Gasteiger partial charge in [-0.05, 0) is 62.9 Å². The first-order valence-corrected chi connectivity index (χ1v) is 9.68.